The third-order valence-electron chi connectivity index (χ3n) is 6.50. The fourth-order valence-electron chi connectivity index (χ4n) is 4.83. The third kappa shape index (κ3) is 4.91. The molecule has 0 saturated heterocycles. The topological polar surface area (TPSA) is 44.3 Å². The van der Waals surface area contributed by atoms with Crippen LogP contribution in [0.15, 0.2) is 109 Å². The summed E-state index contributed by atoms with van der Waals surface area (Å²) >= 11 is 0. The fraction of sp³-hybridized carbons (Fsp3) is 0.200. The predicted octanol–water partition coefficient (Wildman–Crippen LogP) is 5.11. The Morgan fingerprint density at radius 2 is 1.15 bits per heavy atom. The SMILES string of the molecule is O[C@@H](CNCc1ccccc1)[C@H](Cc1ccccc1)NC1c2ccccc2-c2ccccc21. The van der Waals surface area contributed by atoms with Crippen molar-refractivity contribution in [2.45, 2.75) is 31.2 Å². The van der Waals surface area contributed by atoms with Crippen molar-refractivity contribution in [3.05, 3.63) is 131 Å². The number of fused-ring (bicyclic) bond motifs is 3. The lowest BCUT2D eigenvalue weighted by atomic mass is 9.97. The second-order valence-corrected chi connectivity index (χ2v) is 8.75. The molecule has 0 unspecified atom stereocenters. The highest BCUT2D eigenvalue weighted by Crippen LogP contribution is 2.43. The van der Waals surface area contributed by atoms with E-state index in [9.17, 15) is 5.11 Å². The lowest BCUT2D eigenvalue weighted by Crippen LogP contribution is -2.47. The summed E-state index contributed by atoms with van der Waals surface area (Å²) in [6.45, 7) is 1.26. The fourth-order valence-corrected chi connectivity index (χ4v) is 4.83. The maximum Gasteiger partial charge on any atom is 0.0820 e. The van der Waals surface area contributed by atoms with Crippen LogP contribution in [0.2, 0.25) is 0 Å². The molecule has 4 aromatic rings. The number of benzene rings is 4. The van der Waals surface area contributed by atoms with Gasteiger partial charge in [0.15, 0.2) is 0 Å². The number of rotatable bonds is 9. The van der Waals surface area contributed by atoms with Gasteiger partial charge in [0.1, 0.15) is 0 Å². The standard InChI is InChI=1S/C30H30N2O/c33-29(21-31-20-23-13-5-2-6-14-23)28(19-22-11-3-1-4-12-22)32-30-26-17-9-7-15-24(26)25-16-8-10-18-27(25)30/h1-18,28-33H,19-21H2/t28-,29-/m0/s1. The normalized spacial score (nSPS) is 14.5. The van der Waals surface area contributed by atoms with E-state index in [1.165, 1.54) is 33.4 Å². The molecule has 0 saturated carbocycles. The molecule has 0 radical (unpaired) electrons. The Labute approximate surface area is 196 Å². The molecule has 1 aliphatic rings. The molecule has 1 aliphatic carbocycles. The van der Waals surface area contributed by atoms with Gasteiger partial charge in [0.25, 0.3) is 0 Å². The first-order valence-corrected chi connectivity index (χ1v) is 11.7. The summed E-state index contributed by atoms with van der Waals surface area (Å²) < 4.78 is 0. The average Bonchev–Trinajstić information content (AvgIpc) is 3.18. The van der Waals surface area contributed by atoms with E-state index in [4.69, 9.17) is 0 Å². The van der Waals surface area contributed by atoms with Crippen LogP contribution in [0, 0.1) is 0 Å². The quantitative estimate of drug-likeness (QED) is 0.343. The zero-order valence-corrected chi connectivity index (χ0v) is 18.7. The van der Waals surface area contributed by atoms with Crippen molar-refractivity contribution in [3.63, 3.8) is 0 Å². The molecule has 4 aromatic carbocycles. The average molecular weight is 435 g/mol. The maximum absolute atomic E-state index is 11.3. The molecule has 3 N–H and O–H groups in total. The van der Waals surface area contributed by atoms with Crippen LogP contribution >= 0.6 is 0 Å². The largest absolute Gasteiger partial charge is 0.390 e. The Kier molecular flexibility index (Phi) is 6.63. The molecular formula is C30H30N2O. The van der Waals surface area contributed by atoms with Gasteiger partial charge in [-0.05, 0) is 39.8 Å². The third-order valence-corrected chi connectivity index (χ3v) is 6.50. The summed E-state index contributed by atoms with van der Waals surface area (Å²) in [5, 5.41) is 18.6. The molecule has 0 spiro atoms. The Balaban J connectivity index is 1.36. The van der Waals surface area contributed by atoms with E-state index in [0.717, 1.165) is 13.0 Å². The number of hydrogen-bond donors (Lipinski definition) is 3. The molecule has 3 heteroatoms. The summed E-state index contributed by atoms with van der Waals surface area (Å²) in [5.74, 6) is 0. The highest BCUT2D eigenvalue weighted by Gasteiger charge is 2.31. The molecule has 2 atom stereocenters. The van der Waals surface area contributed by atoms with E-state index >= 15 is 0 Å². The number of aliphatic hydroxyl groups is 1. The lowest BCUT2D eigenvalue weighted by molar-refractivity contribution is 0.120. The first kappa shape index (κ1) is 21.6. The van der Waals surface area contributed by atoms with Crippen molar-refractivity contribution < 1.29 is 5.11 Å². The van der Waals surface area contributed by atoms with Gasteiger partial charge in [0.05, 0.1) is 12.1 Å². The van der Waals surface area contributed by atoms with Crippen LogP contribution in [-0.2, 0) is 13.0 Å². The first-order valence-electron chi connectivity index (χ1n) is 11.7. The van der Waals surface area contributed by atoms with Crippen LogP contribution in [0.5, 0.6) is 0 Å². The lowest BCUT2D eigenvalue weighted by Gasteiger charge is -2.29. The monoisotopic (exact) mass is 434 g/mol. The second kappa shape index (κ2) is 10.1. The highest BCUT2D eigenvalue weighted by atomic mass is 16.3. The summed E-state index contributed by atoms with van der Waals surface area (Å²) in [7, 11) is 0. The Morgan fingerprint density at radius 3 is 1.76 bits per heavy atom. The van der Waals surface area contributed by atoms with Gasteiger partial charge < -0.3 is 15.7 Å². The van der Waals surface area contributed by atoms with Crippen molar-refractivity contribution in [2.24, 2.45) is 0 Å². The van der Waals surface area contributed by atoms with E-state index < -0.39 is 6.10 Å². The smallest absolute Gasteiger partial charge is 0.0820 e. The zero-order valence-electron chi connectivity index (χ0n) is 18.7. The zero-order chi connectivity index (χ0) is 22.5. The van der Waals surface area contributed by atoms with Crippen molar-refractivity contribution in [1.29, 1.82) is 0 Å². The molecule has 33 heavy (non-hydrogen) atoms. The molecule has 166 valence electrons. The molecule has 0 heterocycles. The molecule has 0 amide bonds. The molecule has 0 fully saturated rings. The number of aliphatic hydroxyl groups excluding tert-OH is 1. The second-order valence-electron chi connectivity index (χ2n) is 8.75. The van der Waals surface area contributed by atoms with E-state index in [2.05, 4.69) is 95.6 Å². The van der Waals surface area contributed by atoms with Crippen LogP contribution in [-0.4, -0.2) is 23.8 Å². The molecule has 5 rings (SSSR count). The van der Waals surface area contributed by atoms with Gasteiger partial charge in [-0.2, -0.15) is 0 Å². The number of hydrogen-bond acceptors (Lipinski definition) is 3. The minimum Gasteiger partial charge on any atom is -0.390 e. The van der Waals surface area contributed by atoms with Crippen molar-refractivity contribution >= 4 is 0 Å². The summed E-state index contributed by atoms with van der Waals surface area (Å²) in [5.41, 5.74) is 7.55. The van der Waals surface area contributed by atoms with E-state index in [1.807, 2.05) is 24.3 Å². The van der Waals surface area contributed by atoms with Crippen molar-refractivity contribution in [1.82, 2.24) is 10.6 Å². The Morgan fingerprint density at radius 1 is 0.636 bits per heavy atom. The van der Waals surface area contributed by atoms with Crippen molar-refractivity contribution in [3.8, 4) is 11.1 Å². The molecule has 3 nitrogen and oxygen atoms in total. The first-order chi connectivity index (χ1) is 16.3. The minimum absolute atomic E-state index is 0.0647. The number of nitrogens with one attached hydrogen (secondary N) is 2. The van der Waals surface area contributed by atoms with Crippen LogP contribution in [0.3, 0.4) is 0 Å². The highest BCUT2D eigenvalue weighted by molar-refractivity contribution is 5.78. The van der Waals surface area contributed by atoms with Crippen molar-refractivity contribution in [2.75, 3.05) is 6.54 Å². The summed E-state index contributed by atoms with van der Waals surface area (Å²) in [6, 6.07) is 37.9. The van der Waals surface area contributed by atoms with E-state index in [1.54, 1.807) is 0 Å². The van der Waals surface area contributed by atoms with Gasteiger partial charge in [-0.1, -0.05) is 109 Å². The summed E-state index contributed by atoms with van der Waals surface area (Å²) in [6.07, 6.45) is 0.226. The Bertz CT molecular complexity index is 1130. The minimum atomic E-state index is -0.533. The molecule has 0 aliphatic heterocycles. The molecule has 0 bridgehead atoms. The van der Waals surface area contributed by atoms with Gasteiger partial charge in [-0.3, -0.25) is 0 Å². The molecular weight excluding hydrogens is 404 g/mol. The van der Waals surface area contributed by atoms with Gasteiger partial charge >= 0.3 is 0 Å². The van der Waals surface area contributed by atoms with Crippen LogP contribution in [0.4, 0.5) is 0 Å². The van der Waals surface area contributed by atoms with Gasteiger partial charge in [-0.25, -0.2) is 0 Å². The van der Waals surface area contributed by atoms with Gasteiger partial charge in [-0.15, -0.1) is 0 Å². The molecule has 0 aromatic heterocycles. The summed E-state index contributed by atoms with van der Waals surface area (Å²) in [4.78, 5) is 0. The maximum atomic E-state index is 11.3. The van der Waals surface area contributed by atoms with E-state index in [-0.39, 0.29) is 12.1 Å². The van der Waals surface area contributed by atoms with Crippen LogP contribution in [0.25, 0.3) is 11.1 Å². The van der Waals surface area contributed by atoms with E-state index in [0.29, 0.717) is 6.54 Å². The predicted molar refractivity (Wildman–Crippen MR) is 135 cm³/mol. The van der Waals surface area contributed by atoms with Gasteiger partial charge in [0, 0.05) is 19.1 Å². The Hall–Kier alpha value is -3.24. The van der Waals surface area contributed by atoms with Crippen LogP contribution in [0.1, 0.15) is 28.3 Å². The van der Waals surface area contributed by atoms with Gasteiger partial charge in [0.2, 0.25) is 0 Å². The van der Waals surface area contributed by atoms with Crippen LogP contribution < -0.4 is 10.6 Å².